The smallest absolute Gasteiger partial charge is 0.374 e. The van der Waals surface area contributed by atoms with Crippen LogP contribution in [0.15, 0.2) is 36.4 Å². The number of amides is 1. The number of hydrogen-bond donors (Lipinski definition) is 3. The van der Waals surface area contributed by atoms with Gasteiger partial charge in [0, 0.05) is 11.1 Å². The molecule has 1 fully saturated rings. The molecule has 1 aromatic carbocycles. The lowest BCUT2D eigenvalue weighted by Gasteiger charge is -2.41. The number of nitrogens with zero attached hydrogens (tertiary/aromatic N) is 1. The lowest BCUT2D eigenvalue weighted by atomic mass is 9.81. The highest BCUT2D eigenvalue weighted by molar-refractivity contribution is 5.61. The molecule has 3 rings (SSSR count). The van der Waals surface area contributed by atoms with Crippen LogP contribution < -0.4 is 10.6 Å². The molecule has 0 aliphatic carbocycles. The standard InChI is InChI=1S/C19H19F4N3O2/c1-17(6-7-25-17)13-8-15(12-2-4-14(20)5-3-12)26-16(9-13)18(28,10-24-11-27)19(21,22)23/h2-5,8-9,11,25,28H,6-7,10H2,1H3,(H,24,27). The van der Waals surface area contributed by atoms with Crippen molar-refractivity contribution in [3.05, 3.63) is 53.5 Å². The number of halogens is 4. The number of benzene rings is 1. The number of carbonyl (C=O) groups excluding carboxylic acids is 1. The largest absolute Gasteiger partial charge is 0.424 e. The van der Waals surface area contributed by atoms with Gasteiger partial charge in [-0.3, -0.25) is 4.79 Å². The molecule has 2 unspecified atom stereocenters. The van der Waals surface area contributed by atoms with E-state index in [-0.39, 0.29) is 12.1 Å². The van der Waals surface area contributed by atoms with Gasteiger partial charge >= 0.3 is 6.18 Å². The van der Waals surface area contributed by atoms with Crippen molar-refractivity contribution in [3.8, 4) is 11.3 Å². The third kappa shape index (κ3) is 3.59. The van der Waals surface area contributed by atoms with E-state index in [0.29, 0.717) is 24.1 Å². The van der Waals surface area contributed by atoms with E-state index in [1.54, 1.807) is 6.07 Å². The summed E-state index contributed by atoms with van der Waals surface area (Å²) in [6.07, 6.45) is -4.31. The number of pyridine rings is 1. The van der Waals surface area contributed by atoms with Gasteiger partial charge in [0.1, 0.15) is 5.82 Å². The fraction of sp³-hybridized carbons (Fsp3) is 0.368. The summed E-state index contributed by atoms with van der Waals surface area (Å²) >= 11 is 0. The molecule has 1 amide bonds. The fourth-order valence-corrected chi connectivity index (χ4v) is 3.10. The SMILES string of the molecule is CC1(c2cc(-c3ccc(F)cc3)nc(C(O)(CNC=O)C(F)(F)F)c2)CCN1. The lowest BCUT2D eigenvalue weighted by molar-refractivity contribution is -0.265. The predicted molar refractivity (Wildman–Crippen MR) is 93.6 cm³/mol. The van der Waals surface area contributed by atoms with E-state index in [4.69, 9.17) is 0 Å². The molecule has 2 aromatic rings. The molecule has 0 radical (unpaired) electrons. The summed E-state index contributed by atoms with van der Waals surface area (Å²) in [6.45, 7) is 1.46. The molecule has 0 bridgehead atoms. The second-order valence-electron chi connectivity index (χ2n) is 7.00. The van der Waals surface area contributed by atoms with E-state index in [0.717, 1.165) is 0 Å². The van der Waals surface area contributed by atoms with Crippen molar-refractivity contribution in [2.75, 3.05) is 13.1 Å². The van der Waals surface area contributed by atoms with Crippen molar-refractivity contribution in [2.24, 2.45) is 0 Å². The van der Waals surface area contributed by atoms with Gasteiger partial charge in [-0.1, -0.05) is 0 Å². The van der Waals surface area contributed by atoms with Crippen LogP contribution in [0.4, 0.5) is 17.6 Å². The molecule has 3 N–H and O–H groups in total. The molecular weight excluding hydrogens is 378 g/mol. The average Bonchev–Trinajstić information content (AvgIpc) is 2.63. The van der Waals surface area contributed by atoms with Crippen LogP contribution in [0, 0.1) is 5.82 Å². The van der Waals surface area contributed by atoms with Gasteiger partial charge in [-0.25, -0.2) is 9.37 Å². The van der Waals surface area contributed by atoms with E-state index in [2.05, 4.69) is 10.3 Å². The number of hydrogen-bond acceptors (Lipinski definition) is 4. The predicted octanol–water partition coefficient (Wildman–Crippen LogP) is 2.59. The minimum Gasteiger partial charge on any atom is -0.374 e. The summed E-state index contributed by atoms with van der Waals surface area (Å²) in [5, 5.41) is 15.5. The number of rotatable bonds is 6. The van der Waals surface area contributed by atoms with Crippen LogP contribution in [0.2, 0.25) is 0 Å². The lowest BCUT2D eigenvalue weighted by Crippen LogP contribution is -2.53. The van der Waals surface area contributed by atoms with Gasteiger partial charge < -0.3 is 15.7 Å². The molecule has 28 heavy (non-hydrogen) atoms. The van der Waals surface area contributed by atoms with Gasteiger partial charge in [0.15, 0.2) is 0 Å². The molecule has 9 heteroatoms. The van der Waals surface area contributed by atoms with Crippen LogP contribution in [0.1, 0.15) is 24.6 Å². The zero-order valence-electron chi connectivity index (χ0n) is 15.0. The Hall–Kier alpha value is -2.52. The molecule has 2 heterocycles. The molecular formula is C19H19F4N3O2. The maximum atomic E-state index is 13.7. The van der Waals surface area contributed by atoms with E-state index in [9.17, 15) is 27.5 Å². The van der Waals surface area contributed by atoms with Crippen molar-refractivity contribution in [1.29, 1.82) is 0 Å². The Kier molecular flexibility index (Phi) is 5.16. The van der Waals surface area contributed by atoms with Gasteiger partial charge in [0.2, 0.25) is 12.0 Å². The van der Waals surface area contributed by atoms with E-state index < -0.39 is 35.4 Å². The van der Waals surface area contributed by atoms with Crippen LogP contribution in [-0.2, 0) is 15.9 Å². The topological polar surface area (TPSA) is 74.2 Å². The third-order valence-corrected chi connectivity index (χ3v) is 5.08. The average molecular weight is 397 g/mol. The van der Waals surface area contributed by atoms with Gasteiger partial charge in [0.25, 0.3) is 0 Å². The molecule has 0 spiro atoms. The first-order valence-electron chi connectivity index (χ1n) is 8.59. The van der Waals surface area contributed by atoms with Crippen molar-refractivity contribution in [3.63, 3.8) is 0 Å². The van der Waals surface area contributed by atoms with E-state index in [1.165, 1.54) is 30.3 Å². The third-order valence-electron chi connectivity index (χ3n) is 5.08. The minimum atomic E-state index is -5.08. The molecule has 1 aliphatic rings. The summed E-state index contributed by atoms with van der Waals surface area (Å²) in [6, 6.07) is 7.97. The quantitative estimate of drug-likeness (QED) is 0.518. The van der Waals surface area contributed by atoms with E-state index in [1.807, 2.05) is 12.2 Å². The molecule has 5 nitrogen and oxygen atoms in total. The molecule has 0 saturated carbocycles. The first-order chi connectivity index (χ1) is 13.1. The maximum Gasteiger partial charge on any atom is 0.424 e. The van der Waals surface area contributed by atoms with Crippen LogP contribution >= 0.6 is 0 Å². The Bertz CT molecular complexity index is 866. The summed E-state index contributed by atoms with van der Waals surface area (Å²) in [7, 11) is 0. The van der Waals surface area contributed by atoms with Crippen LogP contribution in [0.5, 0.6) is 0 Å². The summed E-state index contributed by atoms with van der Waals surface area (Å²) < 4.78 is 54.4. The number of alkyl halides is 3. The first kappa shape index (κ1) is 20.2. The van der Waals surface area contributed by atoms with E-state index >= 15 is 0 Å². The highest BCUT2D eigenvalue weighted by Gasteiger charge is 2.56. The van der Waals surface area contributed by atoms with Gasteiger partial charge in [-0.2, -0.15) is 13.2 Å². The highest BCUT2D eigenvalue weighted by atomic mass is 19.4. The molecule has 1 aromatic heterocycles. The molecule has 1 saturated heterocycles. The van der Waals surface area contributed by atoms with Crippen LogP contribution in [-0.4, -0.2) is 35.8 Å². The maximum absolute atomic E-state index is 13.7. The summed E-state index contributed by atoms with van der Waals surface area (Å²) in [4.78, 5) is 14.6. The van der Waals surface area contributed by atoms with Crippen molar-refractivity contribution >= 4 is 6.41 Å². The zero-order valence-corrected chi connectivity index (χ0v) is 15.0. The Balaban J connectivity index is 2.18. The molecule has 2 atom stereocenters. The number of aromatic nitrogens is 1. The Morgan fingerprint density at radius 1 is 1.29 bits per heavy atom. The van der Waals surface area contributed by atoms with Gasteiger partial charge in [-0.05, 0) is 61.9 Å². The van der Waals surface area contributed by atoms with Gasteiger partial charge in [-0.15, -0.1) is 0 Å². The van der Waals surface area contributed by atoms with Crippen LogP contribution in [0.3, 0.4) is 0 Å². The highest BCUT2D eigenvalue weighted by Crippen LogP contribution is 2.41. The monoisotopic (exact) mass is 397 g/mol. The summed E-state index contributed by atoms with van der Waals surface area (Å²) in [5.74, 6) is -0.491. The number of aliphatic hydroxyl groups is 1. The van der Waals surface area contributed by atoms with Crippen molar-refractivity contribution in [2.45, 2.75) is 30.7 Å². The van der Waals surface area contributed by atoms with Crippen molar-refractivity contribution < 1.29 is 27.5 Å². The molecule has 150 valence electrons. The Morgan fingerprint density at radius 2 is 1.93 bits per heavy atom. The Morgan fingerprint density at radius 3 is 2.43 bits per heavy atom. The normalized spacial score (nSPS) is 21.5. The second kappa shape index (κ2) is 7.14. The first-order valence-corrected chi connectivity index (χ1v) is 8.59. The number of nitrogens with one attached hydrogen (secondary N) is 2. The summed E-state index contributed by atoms with van der Waals surface area (Å²) in [5.41, 5.74) is -3.51. The minimum absolute atomic E-state index is 0.0796. The van der Waals surface area contributed by atoms with Gasteiger partial charge in [0.05, 0.1) is 17.9 Å². The fourth-order valence-electron chi connectivity index (χ4n) is 3.10. The van der Waals surface area contributed by atoms with Crippen LogP contribution in [0.25, 0.3) is 11.3 Å². The Labute approximate surface area is 158 Å². The van der Waals surface area contributed by atoms with Crippen molar-refractivity contribution in [1.82, 2.24) is 15.6 Å². The molecule has 1 aliphatic heterocycles. The number of carbonyl (C=O) groups is 1. The second-order valence-corrected chi connectivity index (χ2v) is 7.00. The zero-order chi connectivity index (χ0) is 20.6.